The molecule has 0 unspecified atom stereocenters. The third-order valence-electron chi connectivity index (χ3n) is 3.12. The fourth-order valence-corrected chi connectivity index (χ4v) is 1.91. The lowest BCUT2D eigenvalue weighted by molar-refractivity contribution is 0.414. The molecule has 0 aromatic heterocycles. The highest BCUT2D eigenvalue weighted by molar-refractivity contribution is 5.27. The topological polar surface area (TPSA) is 21.3 Å². The van der Waals surface area contributed by atoms with Gasteiger partial charge in [0.25, 0.3) is 0 Å². The van der Waals surface area contributed by atoms with Gasteiger partial charge in [-0.2, -0.15) is 0 Å². The van der Waals surface area contributed by atoms with E-state index in [0.29, 0.717) is 0 Å². The molecule has 1 N–H and O–H groups in total. The summed E-state index contributed by atoms with van der Waals surface area (Å²) in [5.74, 6) is 0.650. The second-order valence-corrected chi connectivity index (χ2v) is 4.51. The average Bonchev–Trinajstić information content (AvgIpc) is 2.45. The van der Waals surface area contributed by atoms with Crippen molar-refractivity contribution in [2.75, 3.05) is 7.11 Å². The van der Waals surface area contributed by atoms with Crippen molar-refractivity contribution < 1.29 is 9.13 Å². The van der Waals surface area contributed by atoms with Crippen LogP contribution in [0.5, 0.6) is 5.75 Å². The van der Waals surface area contributed by atoms with Crippen molar-refractivity contribution in [3.63, 3.8) is 0 Å². The van der Waals surface area contributed by atoms with Gasteiger partial charge in [-0.05, 0) is 42.3 Å². The highest BCUT2D eigenvalue weighted by atomic mass is 19.1. The van der Waals surface area contributed by atoms with Crippen LogP contribution in [0.4, 0.5) is 4.39 Å². The van der Waals surface area contributed by atoms with Crippen LogP contribution in [0, 0.1) is 5.82 Å². The van der Waals surface area contributed by atoms with Crippen LogP contribution >= 0.6 is 0 Å². The number of rotatable bonds is 5. The number of ether oxygens (including phenoxy) is 1. The number of hydrogen-bond acceptors (Lipinski definition) is 2. The van der Waals surface area contributed by atoms with Gasteiger partial charge in [0.05, 0.1) is 7.11 Å². The zero-order valence-corrected chi connectivity index (χ0v) is 11.2. The minimum Gasteiger partial charge on any atom is -0.497 e. The van der Waals surface area contributed by atoms with Gasteiger partial charge in [0, 0.05) is 12.6 Å². The van der Waals surface area contributed by atoms with E-state index >= 15 is 0 Å². The number of nitrogens with one attached hydrogen (secondary N) is 1. The van der Waals surface area contributed by atoms with Crippen molar-refractivity contribution in [1.29, 1.82) is 0 Å². The first-order valence-electron chi connectivity index (χ1n) is 6.31. The Kier molecular flexibility index (Phi) is 4.53. The minimum absolute atomic E-state index is 0.109. The van der Waals surface area contributed by atoms with Crippen molar-refractivity contribution in [3.8, 4) is 5.75 Å². The second kappa shape index (κ2) is 6.34. The van der Waals surface area contributed by atoms with Crippen molar-refractivity contribution in [2.45, 2.75) is 19.5 Å². The van der Waals surface area contributed by atoms with E-state index in [1.54, 1.807) is 19.2 Å². The van der Waals surface area contributed by atoms with Crippen LogP contribution in [0.1, 0.15) is 24.1 Å². The molecular weight excluding hydrogens is 241 g/mol. The highest BCUT2D eigenvalue weighted by Crippen LogP contribution is 2.15. The Morgan fingerprint density at radius 1 is 1.16 bits per heavy atom. The minimum atomic E-state index is -0.199. The quantitative estimate of drug-likeness (QED) is 0.884. The lowest BCUT2D eigenvalue weighted by Gasteiger charge is -2.14. The lowest BCUT2D eigenvalue weighted by Crippen LogP contribution is -2.18. The molecule has 0 spiro atoms. The Morgan fingerprint density at radius 3 is 2.53 bits per heavy atom. The first kappa shape index (κ1) is 13.6. The zero-order chi connectivity index (χ0) is 13.7. The van der Waals surface area contributed by atoms with E-state index in [1.807, 2.05) is 37.3 Å². The Labute approximate surface area is 113 Å². The van der Waals surface area contributed by atoms with E-state index < -0.39 is 0 Å². The van der Waals surface area contributed by atoms with E-state index in [1.165, 1.54) is 11.6 Å². The SMILES string of the molecule is COc1ccc(CN[C@H](C)c2cccc(F)c2)cc1. The molecule has 0 aliphatic carbocycles. The summed E-state index contributed by atoms with van der Waals surface area (Å²) in [5.41, 5.74) is 2.12. The maximum Gasteiger partial charge on any atom is 0.123 e. The normalized spacial score (nSPS) is 12.2. The van der Waals surface area contributed by atoms with Crippen LogP contribution in [0.15, 0.2) is 48.5 Å². The predicted octanol–water partition coefficient (Wildman–Crippen LogP) is 3.69. The standard InChI is InChI=1S/C16H18FNO/c1-12(14-4-3-5-15(17)10-14)18-11-13-6-8-16(19-2)9-7-13/h3-10,12,18H,11H2,1-2H3/t12-/m1/s1. The molecule has 2 aromatic carbocycles. The van der Waals surface area contributed by atoms with Gasteiger partial charge in [0.1, 0.15) is 11.6 Å². The van der Waals surface area contributed by atoms with Gasteiger partial charge in [-0.1, -0.05) is 24.3 Å². The van der Waals surface area contributed by atoms with Crippen LogP contribution in [0.25, 0.3) is 0 Å². The van der Waals surface area contributed by atoms with Crippen LogP contribution < -0.4 is 10.1 Å². The van der Waals surface area contributed by atoms with Crippen molar-refractivity contribution in [1.82, 2.24) is 5.32 Å². The summed E-state index contributed by atoms with van der Waals surface area (Å²) < 4.78 is 18.2. The molecule has 0 radical (unpaired) electrons. The van der Waals surface area contributed by atoms with Gasteiger partial charge in [0.15, 0.2) is 0 Å². The third-order valence-corrected chi connectivity index (χ3v) is 3.12. The number of halogens is 1. The predicted molar refractivity (Wildman–Crippen MR) is 74.6 cm³/mol. The zero-order valence-electron chi connectivity index (χ0n) is 11.2. The summed E-state index contributed by atoms with van der Waals surface area (Å²) in [4.78, 5) is 0. The molecule has 0 aliphatic rings. The molecule has 19 heavy (non-hydrogen) atoms. The number of methoxy groups -OCH3 is 1. The van der Waals surface area contributed by atoms with E-state index in [9.17, 15) is 4.39 Å². The molecule has 2 aromatic rings. The summed E-state index contributed by atoms with van der Waals surface area (Å²) in [6.07, 6.45) is 0. The molecule has 3 heteroatoms. The van der Waals surface area contributed by atoms with Crippen molar-refractivity contribution in [2.24, 2.45) is 0 Å². The van der Waals surface area contributed by atoms with Gasteiger partial charge in [-0.25, -0.2) is 4.39 Å². The monoisotopic (exact) mass is 259 g/mol. The summed E-state index contributed by atoms with van der Waals surface area (Å²) in [7, 11) is 1.65. The average molecular weight is 259 g/mol. The fraction of sp³-hybridized carbons (Fsp3) is 0.250. The van der Waals surface area contributed by atoms with Crippen LogP contribution in [0.2, 0.25) is 0 Å². The van der Waals surface area contributed by atoms with Gasteiger partial charge in [-0.3, -0.25) is 0 Å². The molecule has 0 bridgehead atoms. The summed E-state index contributed by atoms with van der Waals surface area (Å²) in [6.45, 7) is 2.76. The van der Waals surface area contributed by atoms with Crippen molar-refractivity contribution in [3.05, 3.63) is 65.5 Å². The largest absolute Gasteiger partial charge is 0.497 e. The molecule has 2 rings (SSSR count). The molecule has 1 atom stereocenters. The highest BCUT2D eigenvalue weighted by Gasteiger charge is 2.05. The molecule has 0 aliphatic heterocycles. The molecule has 0 saturated carbocycles. The molecule has 0 amide bonds. The smallest absolute Gasteiger partial charge is 0.123 e. The van der Waals surface area contributed by atoms with E-state index in [0.717, 1.165) is 17.9 Å². The third kappa shape index (κ3) is 3.80. The van der Waals surface area contributed by atoms with Crippen LogP contribution in [-0.2, 0) is 6.54 Å². The Morgan fingerprint density at radius 2 is 1.89 bits per heavy atom. The maximum absolute atomic E-state index is 13.1. The fourth-order valence-electron chi connectivity index (χ4n) is 1.91. The van der Waals surface area contributed by atoms with Crippen LogP contribution in [-0.4, -0.2) is 7.11 Å². The summed E-state index contributed by atoms with van der Waals surface area (Å²) >= 11 is 0. The van der Waals surface area contributed by atoms with Crippen LogP contribution in [0.3, 0.4) is 0 Å². The molecule has 0 fully saturated rings. The first-order chi connectivity index (χ1) is 9.19. The molecule has 100 valence electrons. The van der Waals surface area contributed by atoms with Gasteiger partial charge >= 0.3 is 0 Å². The maximum atomic E-state index is 13.1. The lowest BCUT2D eigenvalue weighted by atomic mass is 10.1. The van der Waals surface area contributed by atoms with Gasteiger partial charge in [0.2, 0.25) is 0 Å². The number of hydrogen-bond donors (Lipinski definition) is 1. The Balaban J connectivity index is 1.94. The molecule has 0 saturated heterocycles. The summed E-state index contributed by atoms with van der Waals surface area (Å²) in [6, 6.07) is 14.7. The Bertz CT molecular complexity index is 525. The second-order valence-electron chi connectivity index (χ2n) is 4.51. The van der Waals surface area contributed by atoms with E-state index in [4.69, 9.17) is 4.74 Å². The van der Waals surface area contributed by atoms with E-state index in [-0.39, 0.29) is 11.9 Å². The van der Waals surface area contributed by atoms with Crippen molar-refractivity contribution >= 4 is 0 Å². The first-order valence-corrected chi connectivity index (χ1v) is 6.31. The van der Waals surface area contributed by atoms with Gasteiger partial charge < -0.3 is 10.1 Å². The Hall–Kier alpha value is -1.87. The molecule has 0 heterocycles. The molecule has 2 nitrogen and oxygen atoms in total. The summed E-state index contributed by atoms with van der Waals surface area (Å²) in [5, 5.41) is 3.37. The van der Waals surface area contributed by atoms with Gasteiger partial charge in [-0.15, -0.1) is 0 Å². The van der Waals surface area contributed by atoms with E-state index in [2.05, 4.69) is 5.32 Å². The number of benzene rings is 2. The molecular formula is C16H18FNO.